The molecular formula is C25H31N3O4. The van der Waals surface area contributed by atoms with E-state index in [-0.39, 0.29) is 35.4 Å². The highest BCUT2D eigenvalue weighted by atomic mass is 16.3. The van der Waals surface area contributed by atoms with Gasteiger partial charge in [-0.2, -0.15) is 0 Å². The average molecular weight is 438 g/mol. The van der Waals surface area contributed by atoms with Crippen LogP contribution < -0.4 is 10.6 Å². The van der Waals surface area contributed by atoms with Gasteiger partial charge < -0.3 is 20.0 Å². The zero-order chi connectivity index (χ0) is 23.1. The number of carbonyl (C=O) groups excluding carboxylic acids is 3. The summed E-state index contributed by atoms with van der Waals surface area (Å²) >= 11 is 0. The predicted molar refractivity (Wildman–Crippen MR) is 122 cm³/mol. The van der Waals surface area contributed by atoms with Crippen LogP contribution in [-0.2, 0) is 9.59 Å². The van der Waals surface area contributed by atoms with E-state index in [1.165, 1.54) is 12.3 Å². The lowest BCUT2D eigenvalue weighted by Crippen LogP contribution is -2.47. The molecular weight excluding hydrogens is 406 g/mol. The Morgan fingerprint density at radius 3 is 2.31 bits per heavy atom. The van der Waals surface area contributed by atoms with E-state index in [1.807, 2.05) is 13.0 Å². The van der Waals surface area contributed by atoms with Gasteiger partial charge in [0.25, 0.3) is 11.8 Å². The first-order valence-corrected chi connectivity index (χ1v) is 11.1. The van der Waals surface area contributed by atoms with Gasteiger partial charge >= 0.3 is 0 Å². The minimum Gasteiger partial charge on any atom is -0.465 e. The van der Waals surface area contributed by atoms with Crippen LogP contribution >= 0.6 is 0 Å². The molecule has 170 valence electrons. The Morgan fingerprint density at radius 1 is 1.03 bits per heavy atom. The molecule has 2 aromatic rings. The number of piperidine rings is 1. The molecule has 0 saturated carbocycles. The van der Waals surface area contributed by atoms with Crippen LogP contribution in [0.1, 0.15) is 49.7 Å². The highest BCUT2D eigenvalue weighted by Gasteiger charge is 2.30. The molecule has 0 bridgehead atoms. The molecule has 0 spiro atoms. The van der Waals surface area contributed by atoms with Gasteiger partial charge in [-0.1, -0.05) is 32.0 Å². The first kappa shape index (κ1) is 23.3. The van der Waals surface area contributed by atoms with Gasteiger partial charge in [0.1, 0.15) is 11.5 Å². The molecule has 1 fully saturated rings. The molecule has 0 radical (unpaired) electrons. The Morgan fingerprint density at radius 2 is 1.72 bits per heavy atom. The molecule has 1 atom stereocenters. The van der Waals surface area contributed by atoms with Crippen LogP contribution in [0.2, 0.25) is 0 Å². The van der Waals surface area contributed by atoms with Crippen LogP contribution in [-0.4, -0.2) is 41.8 Å². The number of carbonyl (C=O) groups is 3. The summed E-state index contributed by atoms with van der Waals surface area (Å²) < 4.78 is 5.34. The third kappa shape index (κ3) is 6.09. The van der Waals surface area contributed by atoms with Crippen molar-refractivity contribution in [3.63, 3.8) is 0 Å². The molecule has 1 unspecified atom stereocenters. The van der Waals surface area contributed by atoms with Crippen molar-refractivity contribution in [3.8, 4) is 0 Å². The van der Waals surface area contributed by atoms with Crippen molar-refractivity contribution < 1.29 is 18.8 Å². The van der Waals surface area contributed by atoms with Crippen molar-refractivity contribution >= 4 is 23.8 Å². The summed E-state index contributed by atoms with van der Waals surface area (Å²) in [6, 6.07) is 12.3. The lowest BCUT2D eigenvalue weighted by Gasteiger charge is -2.32. The molecule has 0 aliphatic carbocycles. The maximum atomic E-state index is 13.2. The van der Waals surface area contributed by atoms with E-state index in [0.717, 1.165) is 0 Å². The molecule has 1 aromatic heterocycles. The normalized spacial score (nSPS) is 16.0. The van der Waals surface area contributed by atoms with Crippen molar-refractivity contribution in [2.45, 2.75) is 39.7 Å². The van der Waals surface area contributed by atoms with Crippen LogP contribution in [0.4, 0.5) is 0 Å². The molecule has 1 aliphatic heterocycles. The third-order valence-electron chi connectivity index (χ3n) is 5.87. The second kappa shape index (κ2) is 10.8. The standard InChI is InChI=1S/C25H31N3O4/c1-17(2)18(3)26-23(29)20-11-13-28(14-12-20)25(31)22(16-21-10-7-15-32-21)27-24(30)19-8-5-4-6-9-19/h4-10,15-18,20H,11-14H2,1-3H3,(H,26,29)(H,27,30). The number of benzene rings is 1. The van der Waals surface area contributed by atoms with Crippen LogP contribution in [0.5, 0.6) is 0 Å². The van der Waals surface area contributed by atoms with Crippen molar-refractivity contribution in [2.75, 3.05) is 13.1 Å². The number of furan rings is 1. The number of hydrogen-bond donors (Lipinski definition) is 2. The van der Waals surface area contributed by atoms with E-state index in [4.69, 9.17) is 4.42 Å². The van der Waals surface area contributed by atoms with Crippen molar-refractivity contribution in [2.24, 2.45) is 11.8 Å². The number of rotatable bonds is 7. The zero-order valence-corrected chi connectivity index (χ0v) is 18.8. The fraction of sp³-hybridized carbons (Fsp3) is 0.400. The number of likely N-dealkylation sites (tertiary alicyclic amines) is 1. The Hall–Kier alpha value is -3.35. The minimum absolute atomic E-state index is 0.0435. The molecule has 3 rings (SSSR count). The predicted octanol–water partition coefficient (Wildman–Crippen LogP) is 3.45. The van der Waals surface area contributed by atoms with Gasteiger partial charge in [0.05, 0.1) is 6.26 Å². The van der Waals surface area contributed by atoms with Gasteiger partial charge in [0.2, 0.25) is 5.91 Å². The van der Waals surface area contributed by atoms with E-state index in [0.29, 0.717) is 43.2 Å². The van der Waals surface area contributed by atoms with Gasteiger partial charge in [-0.05, 0) is 49.9 Å². The minimum atomic E-state index is -0.367. The first-order chi connectivity index (χ1) is 15.3. The monoisotopic (exact) mass is 437 g/mol. The molecule has 1 aliphatic rings. The van der Waals surface area contributed by atoms with Gasteiger partial charge in [0, 0.05) is 36.7 Å². The molecule has 7 heteroatoms. The maximum absolute atomic E-state index is 13.2. The Bertz CT molecular complexity index is 943. The first-order valence-electron chi connectivity index (χ1n) is 11.1. The number of amides is 3. The fourth-order valence-corrected chi connectivity index (χ4v) is 3.47. The highest BCUT2D eigenvalue weighted by Crippen LogP contribution is 2.20. The van der Waals surface area contributed by atoms with Crippen molar-refractivity contribution in [3.05, 3.63) is 65.7 Å². The molecule has 3 amide bonds. The smallest absolute Gasteiger partial charge is 0.270 e. The largest absolute Gasteiger partial charge is 0.465 e. The van der Waals surface area contributed by atoms with E-state index >= 15 is 0 Å². The maximum Gasteiger partial charge on any atom is 0.270 e. The molecule has 32 heavy (non-hydrogen) atoms. The number of hydrogen-bond acceptors (Lipinski definition) is 4. The van der Waals surface area contributed by atoms with Crippen LogP contribution in [0.15, 0.2) is 58.8 Å². The fourth-order valence-electron chi connectivity index (χ4n) is 3.47. The molecule has 2 N–H and O–H groups in total. The van der Waals surface area contributed by atoms with Crippen LogP contribution in [0, 0.1) is 11.8 Å². The lowest BCUT2D eigenvalue weighted by molar-refractivity contribution is -0.133. The number of nitrogens with one attached hydrogen (secondary N) is 2. The van der Waals surface area contributed by atoms with Crippen LogP contribution in [0.25, 0.3) is 6.08 Å². The van der Waals surface area contributed by atoms with E-state index < -0.39 is 0 Å². The Labute approximate surface area is 188 Å². The second-order valence-electron chi connectivity index (χ2n) is 8.50. The van der Waals surface area contributed by atoms with Crippen molar-refractivity contribution in [1.82, 2.24) is 15.5 Å². The second-order valence-corrected chi connectivity index (χ2v) is 8.50. The summed E-state index contributed by atoms with van der Waals surface area (Å²) in [4.78, 5) is 40.1. The summed E-state index contributed by atoms with van der Waals surface area (Å²) in [5.74, 6) is 0.106. The zero-order valence-electron chi connectivity index (χ0n) is 18.8. The van der Waals surface area contributed by atoms with Crippen molar-refractivity contribution in [1.29, 1.82) is 0 Å². The molecule has 1 saturated heterocycles. The van der Waals surface area contributed by atoms with Gasteiger partial charge in [-0.25, -0.2) is 0 Å². The van der Waals surface area contributed by atoms with E-state index in [1.54, 1.807) is 41.3 Å². The topological polar surface area (TPSA) is 91.7 Å². The number of nitrogens with zero attached hydrogens (tertiary/aromatic N) is 1. The molecule has 7 nitrogen and oxygen atoms in total. The summed E-state index contributed by atoms with van der Waals surface area (Å²) in [5, 5.41) is 5.80. The lowest BCUT2D eigenvalue weighted by atomic mass is 9.94. The van der Waals surface area contributed by atoms with Gasteiger partial charge in [0.15, 0.2) is 0 Å². The summed E-state index contributed by atoms with van der Waals surface area (Å²) in [7, 11) is 0. The summed E-state index contributed by atoms with van der Waals surface area (Å²) in [5.41, 5.74) is 0.602. The van der Waals surface area contributed by atoms with E-state index in [9.17, 15) is 14.4 Å². The molecule has 1 aromatic carbocycles. The van der Waals surface area contributed by atoms with E-state index in [2.05, 4.69) is 24.5 Å². The van der Waals surface area contributed by atoms with Gasteiger partial charge in [-0.3, -0.25) is 14.4 Å². The Balaban J connectivity index is 1.67. The average Bonchev–Trinajstić information content (AvgIpc) is 3.31. The summed E-state index contributed by atoms with van der Waals surface area (Å²) in [6.45, 7) is 7.04. The van der Waals surface area contributed by atoms with Crippen LogP contribution in [0.3, 0.4) is 0 Å². The quantitative estimate of drug-likeness (QED) is 0.649. The summed E-state index contributed by atoms with van der Waals surface area (Å²) in [6.07, 6.45) is 4.22. The van der Waals surface area contributed by atoms with Gasteiger partial charge in [-0.15, -0.1) is 0 Å². The molecule has 2 heterocycles. The SMILES string of the molecule is CC(C)C(C)NC(=O)C1CCN(C(=O)C(=Cc2ccco2)NC(=O)c2ccccc2)CC1. The Kier molecular flexibility index (Phi) is 7.87. The highest BCUT2D eigenvalue weighted by molar-refractivity contribution is 6.05. The third-order valence-corrected chi connectivity index (χ3v) is 5.87.